The van der Waals surface area contributed by atoms with Gasteiger partial charge >= 0.3 is 0 Å². The van der Waals surface area contributed by atoms with Crippen LogP contribution in [0.15, 0.2) is 54.8 Å². The summed E-state index contributed by atoms with van der Waals surface area (Å²) in [5, 5.41) is 4.02. The monoisotopic (exact) mass is 374 g/mol. The number of thiocarbonyl (C=S) groups is 1. The standard InChI is InChI=1S/C16H17FN2S.C4H8.C2H6/c1-3-11(2)12(8-18-10-20)6-13-9-19-16-7-14(17)4-5-15(13)16;1-3-4-2;1-2/h4-7,9-10,19H,2-3,8H2,1H3,(H,18,20);3H,1,4H2,2H3;1-2H3/b12-6+;;. The normalized spacial score (nSPS) is 10.1. The van der Waals surface area contributed by atoms with Crippen molar-refractivity contribution >= 4 is 34.7 Å². The SMILES string of the molecule is C=C(CC)/C(=C/c1c[nH]c2cc(F)ccc12)CNC=S.C=CCC.CC. The van der Waals surface area contributed by atoms with Gasteiger partial charge in [0.2, 0.25) is 0 Å². The van der Waals surface area contributed by atoms with Crippen LogP contribution in [0.4, 0.5) is 4.39 Å². The van der Waals surface area contributed by atoms with Gasteiger partial charge in [0, 0.05) is 29.2 Å². The van der Waals surface area contributed by atoms with Gasteiger partial charge in [-0.1, -0.05) is 58.1 Å². The molecule has 0 saturated carbocycles. The second kappa shape index (κ2) is 14.0. The van der Waals surface area contributed by atoms with E-state index in [2.05, 4.69) is 43.4 Å². The molecule has 2 rings (SSSR count). The van der Waals surface area contributed by atoms with Crippen LogP contribution in [0.5, 0.6) is 0 Å². The van der Waals surface area contributed by atoms with E-state index < -0.39 is 0 Å². The first-order valence-electron chi connectivity index (χ1n) is 9.00. The molecule has 0 amide bonds. The third-order valence-corrected chi connectivity index (χ3v) is 3.72. The Morgan fingerprint density at radius 3 is 2.50 bits per heavy atom. The number of rotatable bonds is 7. The summed E-state index contributed by atoms with van der Waals surface area (Å²) in [5.74, 6) is -0.240. The van der Waals surface area contributed by atoms with Crippen LogP contribution in [-0.2, 0) is 0 Å². The van der Waals surface area contributed by atoms with Gasteiger partial charge < -0.3 is 10.3 Å². The van der Waals surface area contributed by atoms with Gasteiger partial charge in [-0.25, -0.2) is 4.39 Å². The number of hydrogen-bond donors (Lipinski definition) is 2. The van der Waals surface area contributed by atoms with E-state index in [9.17, 15) is 4.39 Å². The molecular weight excluding hydrogens is 343 g/mol. The molecule has 1 aromatic heterocycles. The molecule has 0 aliphatic rings. The van der Waals surface area contributed by atoms with E-state index >= 15 is 0 Å². The van der Waals surface area contributed by atoms with Crippen LogP contribution in [0.3, 0.4) is 0 Å². The molecule has 26 heavy (non-hydrogen) atoms. The van der Waals surface area contributed by atoms with Crippen LogP contribution in [0.25, 0.3) is 17.0 Å². The zero-order valence-electron chi connectivity index (χ0n) is 16.4. The Morgan fingerprint density at radius 2 is 1.96 bits per heavy atom. The van der Waals surface area contributed by atoms with Gasteiger partial charge in [-0.3, -0.25) is 0 Å². The molecule has 0 radical (unpaired) electrons. The second-order valence-electron chi connectivity index (χ2n) is 5.26. The van der Waals surface area contributed by atoms with Crippen molar-refractivity contribution in [3.05, 3.63) is 66.2 Å². The van der Waals surface area contributed by atoms with Crippen molar-refractivity contribution in [3.8, 4) is 0 Å². The number of hydrogen-bond acceptors (Lipinski definition) is 1. The van der Waals surface area contributed by atoms with Gasteiger partial charge in [-0.2, -0.15) is 0 Å². The van der Waals surface area contributed by atoms with E-state index in [4.69, 9.17) is 12.2 Å². The van der Waals surface area contributed by atoms with E-state index in [-0.39, 0.29) is 5.82 Å². The fourth-order valence-corrected chi connectivity index (χ4v) is 2.17. The average molecular weight is 375 g/mol. The Balaban J connectivity index is 0.000000920. The largest absolute Gasteiger partial charge is 0.378 e. The Labute approximate surface area is 162 Å². The minimum atomic E-state index is -0.240. The third-order valence-electron chi connectivity index (χ3n) is 3.55. The maximum absolute atomic E-state index is 13.2. The number of aromatic nitrogens is 1. The lowest BCUT2D eigenvalue weighted by atomic mass is 10.0. The lowest BCUT2D eigenvalue weighted by Crippen LogP contribution is -2.14. The molecule has 0 saturated heterocycles. The molecule has 0 fully saturated rings. The number of aromatic amines is 1. The van der Waals surface area contributed by atoms with Crippen molar-refractivity contribution in [1.82, 2.24) is 10.3 Å². The summed E-state index contributed by atoms with van der Waals surface area (Å²) in [5.41, 5.74) is 5.47. The average Bonchev–Trinajstić information content (AvgIpc) is 3.07. The summed E-state index contributed by atoms with van der Waals surface area (Å²) in [4.78, 5) is 3.08. The summed E-state index contributed by atoms with van der Waals surface area (Å²) in [7, 11) is 0. The highest BCUT2D eigenvalue weighted by Crippen LogP contribution is 2.23. The van der Waals surface area contributed by atoms with Gasteiger partial charge in [-0.05, 0) is 42.7 Å². The van der Waals surface area contributed by atoms with Crippen molar-refractivity contribution in [1.29, 1.82) is 0 Å². The maximum atomic E-state index is 13.2. The van der Waals surface area contributed by atoms with E-state index in [1.807, 2.05) is 26.1 Å². The summed E-state index contributed by atoms with van der Waals surface area (Å²) < 4.78 is 13.2. The molecule has 0 bridgehead atoms. The summed E-state index contributed by atoms with van der Waals surface area (Å²) in [6, 6.07) is 4.75. The van der Waals surface area contributed by atoms with Crippen molar-refractivity contribution in [2.45, 2.75) is 40.5 Å². The number of H-pyrrole nitrogens is 1. The quantitative estimate of drug-likeness (QED) is 0.316. The molecular formula is C22H31FN2S. The molecule has 2 N–H and O–H groups in total. The molecule has 1 heterocycles. The second-order valence-corrected chi connectivity index (χ2v) is 5.49. The van der Waals surface area contributed by atoms with Gasteiger partial charge in [0.05, 0.1) is 5.49 Å². The Morgan fingerprint density at radius 1 is 1.31 bits per heavy atom. The first-order valence-corrected chi connectivity index (χ1v) is 9.47. The molecule has 0 aliphatic carbocycles. The first-order chi connectivity index (χ1) is 12.6. The third kappa shape index (κ3) is 7.79. The molecule has 1 aromatic carbocycles. The highest BCUT2D eigenvalue weighted by molar-refractivity contribution is 7.78. The van der Waals surface area contributed by atoms with Crippen molar-refractivity contribution in [2.75, 3.05) is 6.54 Å². The number of benzene rings is 1. The summed E-state index contributed by atoms with van der Waals surface area (Å²) in [6.45, 7) is 16.3. The van der Waals surface area contributed by atoms with Gasteiger partial charge in [0.25, 0.3) is 0 Å². The molecule has 142 valence electrons. The van der Waals surface area contributed by atoms with Crippen LogP contribution in [0.2, 0.25) is 0 Å². The van der Waals surface area contributed by atoms with E-state index in [1.54, 1.807) is 6.07 Å². The minimum Gasteiger partial charge on any atom is -0.378 e. The Hall–Kier alpha value is -2.20. The molecule has 0 aliphatic heterocycles. The number of halogens is 1. The zero-order chi connectivity index (χ0) is 19.9. The lowest BCUT2D eigenvalue weighted by molar-refractivity contribution is 0.629. The van der Waals surface area contributed by atoms with Gasteiger partial charge in [0.15, 0.2) is 0 Å². The highest BCUT2D eigenvalue weighted by Gasteiger charge is 2.06. The predicted molar refractivity (Wildman–Crippen MR) is 119 cm³/mol. The first kappa shape index (κ1) is 23.8. The van der Waals surface area contributed by atoms with Crippen molar-refractivity contribution < 1.29 is 4.39 Å². The van der Waals surface area contributed by atoms with Crippen molar-refractivity contribution in [2.24, 2.45) is 0 Å². The summed E-state index contributed by atoms with van der Waals surface area (Å²) in [6.07, 6.45) is 7.78. The fourth-order valence-electron chi connectivity index (χ4n) is 2.08. The predicted octanol–water partition coefficient (Wildman–Crippen LogP) is 6.81. The molecule has 0 spiro atoms. The number of fused-ring (bicyclic) bond motifs is 1. The molecule has 4 heteroatoms. The van der Waals surface area contributed by atoms with Crippen LogP contribution in [0, 0.1) is 5.82 Å². The van der Waals surface area contributed by atoms with Crippen LogP contribution < -0.4 is 5.32 Å². The summed E-state index contributed by atoms with van der Waals surface area (Å²) >= 11 is 4.79. The van der Waals surface area contributed by atoms with Gasteiger partial charge in [0.1, 0.15) is 5.82 Å². The zero-order valence-corrected chi connectivity index (χ0v) is 17.2. The highest BCUT2D eigenvalue weighted by atomic mass is 32.1. The fraction of sp³-hybridized carbons (Fsp3) is 0.318. The van der Waals surface area contributed by atoms with Crippen molar-refractivity contribution in [3.63, 3.8) is 0 Å². The Bertz CT molecular complexity index is 729. The topological polar surface area (TPSA) is 27.8 Å². The van der Waals surface area contributed by atoms with E-state index in [0.29, 0.717) is 6.54 Å². The van der Waals surface area contributed by atoms with Crippen LogP contribution in [0.1, 0.15) is 46.1 Å². The maximum Gasteiger partial charge on any atom is 0.125 e. The van der Waals surface area contributed by atoms with Crippen LogP contribution >= 0.6 is 12.2 Å². The number of allylic oxidation sites excluding steroid dienone is 1. The molecule has 0 atom stereocenters. The molecule has 0 unspecified atom stereocenters. The lowest BCUT2D eigenvalue weighted by Gasteiger charge is -2.09. The number of nitrogens with one attached hydrogen (secondary N) is 2. The van der Waals surface area contributed by atoms with E-state index in [0.717, 1.165) is 40.5 Å². The van der Waals surface area contributed by atoms with Crippen LogP contribution in [-0.4, -0.2) is 17.0 Å². The molecule has 2 nitrogen and oxygen atoms in total. The minimum absolute atomic E-state index is 0.240. The molecule has 2 aromatic rings. The van der Waals surface area contributed by atoms with E-state index in [1.165, 1.54) is 17.6 Å². The smallest absolute Gasteiger partial charge is 0.125 e. The Kier molecular flexibility index (Phi) is 12.8. The van der Waals surface area contributed by atoms with Gasteiger partial charge in [-0.15, -0.1) is 6.58 Å².